The van der Waals surface area contributed by atoms with E-state index in [9.17, 15) is 27.5 Å². The van der Waals surface area contributed by atoms with Crippen LogP contribution in [0.3, 0.4) is 0 Å². The highest BCUT2D eigenvalue weighted by Crippen LogP contribution is 2.58. The van der Waals surface area contributed by atoms with Crippen LogP contribution in [0.25, 0.3) is 11.8 Å². The van der Waals surface area contributed by atoms with E-state index in [1.165, 1.54) is 12.1 Å². The van der Waals surface area contributed by atoms with Crippen LogP contribution in [0.2, 0.25) is 0 Å². The molecule has 1 aromatic carbocycles. The maximum atomic E-state index is 13.6. The maximum absolute atomic E-state index is 13.6. The number of alkyl halides is 3. The van der Waals surface area contributed by atoms with E-state index < -0.39 is 35.3 Å². The normalized spacial score (nSPS) is 29.3. The third-order valence-electron chi connectivity index (χ3n) is 7.45. The molecule has 1 saturated carbocycles. The first-order valence-corrected chi connectivity index (χ1v) is 10.6. The molecular weight excluding hydrogens is 424 g/mol. The van der Waals surface area contributed by atoms with Gasteiger partial charge >= 0.3 is 12.1 Å². The van der Waals surface area contributed by atoms with E-state index >= 15 is 0 Å². The van der Waals surface area contributed by atoms with Crippen LogP contribution < -0.4 is 0 Å². The molecule has 0 saturated heterocycles. The maximum Gasteiger partial charge on any atom is 0.392 e. The summed E-state index contributed by atoms with van der Waals surface area (Å²) in [5.74, 6) is -5.67. The molecule has 3 aliphatic rings. The van der Waals surface area contributed by atoms with E-state index in [2.05, 4.69) is 5.10 Å². The van der Waals surface area contributed by atoms with Crippen molar-refractivity contribution in [3.8, 4) is 5.69 Å². The van der Waals surface area contributed by atoms with Gasteiger partial charge in [-0.25, -0.2) is 9.07 Å². The van der Waals surface area contributed by atoms with Crippen molar-refractivity contribution in [2.24, 2.45) is 23.2 Å². The van der Waals surface area contributed by atoms with Crippen LogP contribution in [0, 0.1) is 29.0 Å². The average molecular weight is 446 g/mol. The molecule has 0 aliphatic heterocycles. The Bertz CT molecular complexity index is 1150. The number of carboxylic acids is 1. The first kappa shape index (κ1) is 21.0. The van der Waals surface area contributed by atoms with Crippen molar-refractivity contribution < 1.29 is 27.5 Å². The standard InChI is InChI=1S/C24H22F4N2O2/c1-23-11-13-12-29-30(16-5-3-15(25)4-6-16)20(13)10-14(23)2-7-17-18(23)8-9-19(24(26,27)28)21(17)22(31)32/h3-6,8,10,12,17,19,21H,2,7,9,11H2,1H3,(H,31,32)/t17?,19?,21?,23-/m0/s1. The molecule has 4 atom stereocenters. The van der Waals surface area contributed by atoms with E-state index in [4.69, 9.17) is 0 Å². The SMILES string of the molecule is C[C@]12Cc3cnn(-c4ccc(F)cc4)c3C=C1CCC1C2=CCC(C(F)(F)F)C1C(=O)O. The van der Waals surface area contributed by atoms with Gasteiger partial charge in [-0.3, -0.25) is 4.79 Å². The fraction of sp³-hybridized carbons (Fsp3) is 0.417. The fourth-order valence-electron chi connectivity index (χ4n) is 5.91. The Kier molecular flexibility index (Phi) is 4.62. The van der Waals surface area contributed by atoms with Crippen LogP contribution in [0.5, 0.6) is 0 Å². The zero-order valence-electron chi connectivity index (χ0n) is 17.4. The van der Waals surface area contributed by atoms with Gasteiger partial charge in [-0.2, -0.15) is 18.3 Å². The quantitative estimate of drug-likeness (QED) is 0.484. The van der Waals surface area contributed by atoms with Gasteiger partial charge in [-0.1, -0.05) is 24.1 Å². The molecule has 5 rings (SSSR count). The first-order chi connectivity index (χ1) is 15.1. The van der Waals surface area contributed by atoms with E-state index in [0.29, 0.717) is 19.3 Å². The summed E-state index contributed by atoms with van der Waals surface area (Å²) in [7, 11) is 0. The number of aromatic nitrogens is 2. The number of aliphatic carboxylic acids is 1. The van der Waals surface area contributed by atoms with E-state index in [0.717, 1.165) is 28.1 Å². The largest absolute Gasteiger partial charge is 0.481 e. The van der Waals surface area contributed by atoms with Crippen LogP contribution in [0.4, 0.5) is 17.6 Å². The zero-order chi connectivity index (χ0) is 22.8. The first-order valence-electron chi connectivity index (χ1n) is 10.6. The summed E-state index contributed by atoms with van der Waals surface area (Å²) in [6.07, 6.45) is 1.99. The lowest BCUT2D eigenvalue weighted by Gasteiger charge is -2.50. The smallest absolute Gasteiger partial charge is 0.392 e. The lowest BCUT2D eigenvalue weighted by Crippen LogP contribution is -2.47. The van der Waals surface area contributed by atoms with Gasteiger partial charge in [-0.15, -0.1) is 0 Å². The van der Waals surface area contributed by atoms with E-state index in [1.807, 2.05) is 13.0 Å². The average Bonchev–Trinajstić information content (AvgIpc) is 3.13. The molecule has 1 heterocycles. The topological polar surface area (TPSA) is 55.1 Å². The van der Waals surface area contributed by atoms with Gasteiger partial charge in [0, 0.05) is 5.41 Å². The molecule has 168 valence electrons. The highest BCUT2D eigenvalue weighted by atomic mass is 19.4. The molecule has 0 bridgehead atoms. The van der Waals surface area contributed by atoms with Gasteiger partial charge in [-0.05, 0) is 67.5 Å². The summed E-state index contributed by atoms with van der Waals surface area (Å²) in [5.41, 5.74) is 3.89. The predicted molar refractivity (Wildman–Crippen MR) is 109 cm³/mol. The number of hydrogen-bond acceptors (Lipinski definition) is 2. The molecule has 0 radical (unpaired) electrons. The van der Waals surface area contributed by atoms with Gasteiger partial charge in [0.25, 0.3) is 0 Å². The summed E-state index contributed by atoms with van der Waals surface area (Å²) in [5, 5.41) is 14.2. The van der Waals surface area contributed by atoms with Crippen molar-refractivity contribution in [1.82, 2.24) is 9.78 Å². The lowest BCUT2D eigenvalue weighted by molar-refractivity contribution is -0.202. The molecule has 1 N–H and O–H groups in total. The minimum absolute atomic E-state index is 0.309. The Morgan fingerprint density at radius 1 is 1.25 bits per heavy atom. The van der Waals surface area contributed by atoms with Crippen LogP contribution in [-0.4, -0.2) is 27.0 Å². The molecule has 3 unspecified atom stereocenters. The van der Waals surface area contributed by atoms with E-state index in [1.54, 1.807) is 29.1 Å². The molecule has 8 heteroatoms. The second kappa shape index (κ2) is 7.05. The molecule has 1 fully saturated rings. The van der Waals surface area contributed by atoms with Gasteiger partial charge in [0.15, 0.2) is 0 Å². The number of halogens is 4. The summed E-state index contributed by atoms with van der Waals surface area (Å²) in [6, 6.07) is 6.02. The van der Waals surface area contributed by atoms with Gasteiger partial charge in [0.05, 0.1) is 29.4 Å². The number of fused-ring (bicyclic) bond motifs is 4. The van der Waals surface area contributed by atoms with Gasteiger partial charge in [0.1, 0.15) is 5.82 Å². The Morgan fingerprint density at radius 3 is 2.62 bits per heavy atom. The van der Waals surface area contributed by atoms with Crippen molar-refractivity contribution in [2.75, 3.05) is 0 Å². The zero-order valence-corrected chi connectivity index (χ0v) is 17.4. The minimum Gasteiger partial charge on any atom is -0.481 e. The van der Waals surface area contributed by atoms with Crippen LogP contribution >= 0.6 is 0 Å². The molecule has 0 spiro atoms. The number of benzene rings is 1. The molecule has 4 nitrogen and oxygen atoms in total. The molecule has 2 aromatic rings. The molecule has 0 amide bonds. The molecule has 3 aliphatic carbocycles. The van der Waals surface area contributed by atoms with Crippen molar-refractivity contribution in [3.63, 3.8) is 0 Å². The second-order valence-electron chi connectivity index (χ2n) is 9.17. The Morgan fingerprint density at radius 2 is 1.97 bits per heavy atom. The summed E-state index contributed by atoms with van der Waals surface area (Å²) < 4.78 is 55.8. The number of rotatable bonds is 2. The molecular formula is C24H22F4N2O2. The van der Waals surface area contributed by atoms with Gasteiger partial charge < -0.3 is 5.11 Å². The third kappa shape index (κ3) is 3.11. The number of nitrogens with zero attached hydrogens (tertiary/aromatic N) is 2. The van der Waals surface area contributed by atoms with Crippen LogP contribution in [-0.2, 0) is 11.2 Å². The molecule has 32 heavy (non-hydrogen) atoms. The summed E-state index contributed by atoms with van der Waals surface area (Å²) in [4.78, 5) is 11.9. The van der Waals surface area contributed by atoms with Crippen molar-refractivity contribution >= 4 is 12.0 Å². The van der Waals surface area contributed by atoms with Crippen LogP contribution in [0.1, 0.15) is 37.4 Å². The highest BCUT2D eigenvalue weighted by Gasteiger charge is 2.56. The Balaban J connectivity index is 1.55. The second-order valence-corrected chi connectivity index (χ2v) is 9.17. The Hall–Kier alpha value is -2.90. The monoisotopic (exact) mass is 446 g/mol. The third-order valence-corrected chi connectivity index (χ3v) is 7.45. The summed E-state index contributed by atoms with van der Waals surface area (Å²) >= 11 is 0. The lowest BCUT2D eigenvalue weighted by atomic mass is 9.54. The van der Waals surface area contributed by atoms with Crippen molar-refractivity contribution in [3.05, 3.63) is 64.8 Å². The van der Waals surface area contributed by atoms with Crippen molar-refractivity contribution in [1.29, 1.82) is 0 Å². The number of carboxylic acid groups (broad SMARTS) is 1. The number of hydrogen-bond donors (Lipinski definition) is 1. The highest BCUT2D eigenvalue weighted by molar-refractivity contribution is 5.73. The summed E-state index contributed by atoms with van der Waals surface area (Å²) in [6.45, 7) is 2.00. The number of allylic oxidation sites excluding steroid dienone is 3. The predicted octanol–water partition coefficient (Wildman–Crippen LogP) is 5.58. The Labute approximate surface area is 182 Å². The van der Waals surface area contributed by atoms with Gasteiger partial charge in [0.2, 0.25) is 0 Å². The van der Waals surface area contributed by atoms with Crippen LogP contribution in [0.15, 0.2) is 47.7 Å². The number of carbonyl (C=O) groups is 1. The molecule has 1 aromatic heterocycles. The minimum atomic E-state index is -4.54. The van der Waals surface area contributed by atoms with Crippen molar-refractivity contribution in [2.45, 2.75) is 38.8 Å². The fourth-order valence-corrected chi connectivity index (χ4v) is 5.91. The van der Waals surface area contributed by atoms with E-state index in [-0.39, 0.29) is 12.2 Å².